The summed E-state index contributed by atoms with van der Waals surface area (Å²) in [5.41, 5.74) is 6.49. The number of carbonyl (C=O) groups excluding carboxylic acids is 1. The summed E-state index contributed by atoms with van der Waals surface area (Å²) in [7, 11) is 0. The zero-order valence-electron chi connectivity index (χ0n) is 10.1. The normalized spacial score (nSPS) is 12.1. The Bertz CT molecular complexity index is 327. The maximum atomic E-state index is 11.8. The first-order valence-corrected chi connectivity index (χ1v) is 5.79. The molecule has 4 heteroatoms. The lowest BCUT2D eigenvalue weighted by atomic mass is 10.00. The second-order valence-electron chi connectivity index (χ2n) is 3.56. The van der Waals surface area contributed by atoms with Crippen molar-refractivity contribution in [1.82, 2.24) is 0 Å². The topological polar surface area (TPSA) is 61.5 Å². The van der Waals surface area contributed by atoms with E-state index in [-0.39, 0.29) is 19.1 Å². The molecule has 1 rings (SSSR count). The van der Waals surface area contributed by atoms with Crippen molar-refractivity contribution in [2.45, 2.75) is 12.8 Å². The molecule has 94 valence electrons. The van der Waals surface area contributed by atoms with Crippen LogP contribution in [-0.2, 0) is 14.3 Å². The van der Waals surface area contributed by atoms with Crippen molar-refractivity contribution in [3.8, 4) is 0 Å². The lowest BCUT2D eigenvalue weighted by Gasteiger charge is -2.14. The first-order chi connectivity index (χ1) is 8.29. The molecule has 0 heterocycles. The maximum absolute atomic E-state index is 11.8. The number of rotatable bonds is 7. The lowest BCUT2D eigenvalue weighted by molar-refractivity contribution is -0.146. The Balaban J connectivity index is 2.48. The highest BCUT2D eigenvalue weighted by Crippen LogP contribution is 2.15. The molecule has 2 N–H and O–H groups in total. The summed E-state index contributed by atoms with van der Waals surface area (Å²) < 4.78 is 10.2. The molecular formula is C13H19NO3. The van der Waals surface area contributed by atoms with E-state index >= 15 is 0 Å². The Morgan fingerprint density at radius 3 is 2.59 bits per heavy atom. The molecule has 1 unspecified atom stereocenters. The summed E-state index contributed by atoms with van der Waals surface area (Å²) in [6.45, 7) is 3.47. The van der Waals surface area contributed by atoms with Crippen LogP contribution in [0.3, 0.4) is 0 Å². The van der Waals surface area contributed by atoms with Gasteiger partial charge in [0.1, 0.15) is 6.61 Å². The Labute approximate surface area is 102 Å². The minimum Gasteiger partial charge on any atom is -0.463 e. The van der Waals surface area contributed by atoms with Gasteiger partial charge in [-0.1, -0.05) is 30.3 Å². The van der Waals surface area contributed by atoms with Gasteiger partial charge in [0, 0.05) is 13.2 Å². The van der Waals surface area contributed by atoms with Crippen LogP contribution in [0.1, 0.15) is 18.4 Å². The van der Waals surface area contributed by atoms with Crippen molar-refractivity contribution in [2.24, 2.45) is 5.73 Å². The van der Waals surface area contributed by atoms with Gasteiger partial charge < -0.3 is 15.2 Å². The van der Waals surface area contributed by atoms with Gasteiger partial charge in [0.2, 0.25) is 0 Å². The van der Waals surface area contributed by atoms with Crippen molar-refractivity contribution >= 4 is 5.97 Å². The molecule has 0 aliphatic heterocycles. The van der Waals surface area contributed by atoms with Crippen LogP contribution >= 0.6 is 0 Å². The lowest BCUT2D eigenvalue weighted by Crippen LogP contribution is -2.25. The van der Waals surface area contributed by atoms with Gasteiger partial charge in [0.25, 0.3) is 0 Å². The minimum atomic E-state index is -0.391. The number of nitrogens with two attached hydrogens (primary N) is 1. The number of esters is 1. The first-order valence-electron chi connectivity index (χ1n) is 5.79. The minimum absolute atomic E-state index is 0.248. The van der Waals surface area contributed by atoms with E-state index in [1.54, 1.807) is 0 Å². The quantitative estimate of drug-likeness (QED) is 0.573. The molecule has 17 heavy (non-hydrogen) atoms. The van der Waals surface area contributed by atoms with Crippen LogP contribution in [-0.4, -0.2) is 32.3 Å². The molecule has 0 bridgehead atoms. The fourth-order valence-corrected chi connectivity index (χ4v) is 1.50. The predicted octanol–water partition coefficient (Wildman–Crippen LogP) is 1.31. The third kappa shape index (κ3) is 4.54. The second-order valence-corrected chi connectivity index (χ2v) is 3.56. The van der Waals surface area contributed by atoms with Crippen LogP contribution in [0.5, 0.6) is 0 Å². The van der Waals surface area contributed by atoms with Crippen molar-refractivity contribution in [2.75, 3.05) is 26.4 Å². The average Bonchev–Trinajstić information content (AvgIpc) is 2.37. The van der Waals surface area contributed by atoms with Gasteiger partial charge in [-0.3, -0.25) is 4.79 Å². The highest BCUT2D eigenvalue weighted by molar-refractivity contribution is 5.78. The van der Waals surface area contributed by atoms with E-state index in [4.69, 9.17) is 15.2 Å². The predicted molar refractivity (Wildman–Crippen MR) is 65.7 cm³/mol. The molecule has 4 nitrogen and oxygen atoms in total. The van der Waals surface area contributed by atoms with Crippen LogP contribution in [0.4, 0.5) is 0 Å². The van der Waals surface area contributed by atoms with Crippen LogP contribution in [0.2, 0.25) is 0 Å². The van der Waals surface area contributed by atoms with Crippen LogP contribution in [0.15, 0.2) is 30.3 Å². The molecule has 1 aromatic rings. The van der Waals surface area contributed by atoms with Gasteiger partial charge in [-0.25, -0.2) is 0 Å². The zero-order chi connectivity index (χ0) is 12.5. The highest BCUT2D eigenvalue weighted by Gasteiger charge is 2.19. The Kier molecular flexibility index (Phi) is 6.29. The summed E-state index contributed by atoms with van der Waals surface area (Å²) in [6, 6.07) is 9.41. The van der Waals surface area contributed by atoms with Gasteiger partial charge in [-0.2, -0.15) is 0 Å². The van der Waals surface area contributed by atoms with E-state index < -0.39 is 5.92 Å². The number of hydrogen-bond acceptors (Lipinski definition) is 4. The van der Waals surface area contributed by atoms with Crippen molar-refractivity contribution in [3.63, 3.8) is 0 Å². The Morgan fingerprint density at radius 1 is 1.29 bits per heavy atom. The number of benzene rings is 1. The van der Waals surface area contributed by atoms with Gasteiger partial charge >= 0.3 is 5.97 Å². The number of ether oxygens (including phenoxy) is 2. The van der Waals surface area contributed by atoms with E-state index in [0.29, 0.717) is 13.2 Å². The largest absolute Gasteiger partial charge is 0.463 e. The van der Waals surface area contributed by atoms with Crippen molar-refractivity contribution < 1.29 is 14.3 Å². The van der Waals surface area contributed by atoms with E-state index in [9.17, 15) is 4.79 Å². The van der Waals surface area contributed by atoms with E-state index in [1.807, 2.05) is 37.3 Å². The molecule has 0 saturated heterocycles. The summed E-state index contributed by atoms with van der Waals surface area (Å²) in [4.78, 5) is 11.8. The molecule has 0 saturated carbocycles. The van der Waals surface area contributed by atoms with Crippen molar-refractivity contribution in [1.29, 1.82) is 0 Å². The van der Waals surface area contributed by atoms with Crippen LogP contribution < -0.4 is 5.73 Å². The second kappa shape index (κ2) is 7.81. The zero-order valence-corrected chi connectivity index (χ0v) is 10.1. The molecule has 0 fully saturated rings. The fourth-order valence-electron chi connectivity index (χ4n) is 1.50. The highest BCUT2D eigenvalue weighted by atomic mass is 16.6. The Morgan fingerprint density at radius 2 is 2.00 bits per heavy atom. The molecular weight excluding hydrogens is 218 g/mol. The van der Waals surface area contributed by atoms with Gasteiger partial charge in [0.05, 0.1) is 12.5 Å². The van der Waals surface area contributed by atoms with Gasteiger partial charge in [0.15, 0.2) is 0 Å². The number of carbonyl (C=O) groups is 1. The fraction of sp³-hybridized carbons (Fsp3) is 0.462. The van der Waals surface area contributed by atoms with Gasteiger partial charge in [-0.05, 0) is 12.5 Å². The smallest absolute Gasteiger partial charge is 0.314 e. The Hall–Kier alpha value is -1.39. The molecule has 0 radical (unpaired) electrons. The molecule has 0 aliphatic rings. The monoisotopic (exact) mass is 237 g/mol. The molecule has 0 spiro atoms. The standard InChI is InChI=1S/C13H19NO3/c1-2-16-8-9-17-13(15)12(10-14)11-6-4-3-5-7-11/h3-7,12H,2,8-10,14H2,1H3. The molecule has 1 atom stereocenters. The van der Waals surface area contributed by atoms with Gasteiger partial charge in [-0.15, -0.1) is 0 Å². The summed E-state index contributed by atoms with van der Waals surface area (Å²) in [6.07, 6.45) is 0. The summed E-state index contributed by atoms with van der Waals surface area (Å²) in [5.74, 6) is -0.684. The van der Waals surface area contributed by atoms with E-state index in [1.165, 1.54) is 0 Å². The van der Waals surface area contributed by atoms with E-state index in [0.717, 1.165) is 5.56 Å². The third-order valence-corrected chi connectivity index (χ3v) is 2.40. The molecule has 1 aromatic carbocycles. The molecule has 0 amide bonds. The number of hydrogen-bond donors (Lipinski definition) is 1. The maximum Gasteiger partial charge on any atom is 0.314 e. The van der Waals surface area contributed by atoms with Crippen LogP contribution in [0, 0.1) is 0 Å². The van der Waals surface area contributed by atoms with Crippen LogP contribution in [0.25, 0.3) is 0 Å². The third-order valence-electron chi connectivity index (χ3n) is 2.40. The van der Waals surface area contributed by atoms with E-state index in [2.05, 4.69) is 0 Å². The first kappa shape index (κ1) is 13.7. The molecule has 0 aliphatic carbocycles. The molecule has 0 aromatic heterocycles. The van der Waals surface area contributed by atoms with Crippen molar-refractivity contribution in [3.05, 3.63) is 35.9 Å². The summed E-state index contributed by atoms with van der Waals surface area (Å²) in [5, 5.41) is 0. The average molecular weight is 237 g/mol. The SMILES string of the molecule is CCOCCOC(=O)C(CN)c1ccccc1. The summed E-state index contributed by atoms with van der Waals surface area (Å²) >= 11 is 0.